The molecule has 0 aromatic carbocycles. The molecule has 0 unspecified atom stereocenters. The predicted octanol–water partition coefficient (Wildman–Crippen LogP) is -0.839. The van der Waals surface area contributed by atoms with E-state index in [9.17, 15) is 10.0 Å². The summed E-state index contributed by atoms with van der Waals surface area (Å²) in [4.78, 5) is 15.4. The van der Waals surface area contributed by atoms with Crippen LogP contribution in [0.1, 0.15) is 6.42 Å². The fourth-order valence-corrected chi connectivity index (χ4v) is 4.46. The van der Waals surface area contributed by atoms with Gasteiger partial charge in [-0.25, -0.2) is 0 Å². The zero-order chi connectivity index (χ0) is 9.52. The van der Waals surface area contributed by atoms with Gasteiger partial charge in [0.2, 0.25) is 0 Å². The number of quaternary nitrogens is 1. The molecule has 1 heterocycles. The van der Waals surface area contributed by atoms with Crippen LogP contribution in [0.25, 0.3) is 0 Å². The number of allylic oxidation sites excluding steroid dienone is 2. The zero-order valence-electron chi connectivity index (χ0n) is 7.40. The zero-order valence-corrected chi connectivity index (χ0v) is 9.82. The average molecular weight is 243 g/mol. The minimum absolute atomic E-state index is 0.198. The second-order valence-corrected chi connectivity index (χ2v) is 7.82. The molecule has 0 saturated heterocycles. The summed E-state index contributed by atoms with van der Waals surface area (Å²) in [6, 6.07) is 0. The van der Waals surface area contributed by atoms with E-state index in [4.69, 9.17) is 0 Å². The summed E-state index contributed by atoms with van der Waals surface area (Å²) in [6.07, 6.45) is 4.63. The number of hydrogen-bond acceptors (Lipinski definition) is 2. The van der Waals surface area contributed by atoms with Crippen LogP contribution in [-0.4, -0.2) is 32.2 Å². The molecule has 72 valence electrons. The molecule has 4 nitrogen and oxygen atoms in total. The summed E-state index contributed by atoms with van der Waals surface area (Å²) < 4.78 is 0.198. The van der Waals surface area contributed by atoms with E-state index < -0.39 is 14.3 Å². The van der Waals surface area contributed by atoms with E-state index in [0.717, 1.165) is 11.9 Å². The van der Waals surface area contributed by atoms with Crippen molar-refractivity contribution < 1.29 is 10.3 Å². The van der Waals surface area contributed by atoms with Crippen LogP contribution < -0.4 is 10.8 Å². The van der Waals surface area contributed by atoms with Crippen LogP contribution in [0.5, 0.6) is 0 Å². The molecule has 1 amide bonds. The van der Waals surface area contributed by atoms with Crippen LogP contribution in [0.15, 0.2) is 22.0 Å². The monoisotopic (exact) mass is 244 g/mol. The van der Waals surface area contributed by atoms with Crippen molar-refractivity contribution >= 4 is 19.1 Å². The first-order valence-electron chi connectivity index (χ1n) is 4.41. The van der Waals surface area contributed by atoms with Crippen molar-refractivity contribution in [3.8, 4) is 0 Å². The first kappa shape index (κ1) is 10.5. The Labute approximate surface area is 81.8 Å². The maximum absolute atomic E-state index is 11.4. The van der Waals surface area contributed by atoms with Crippen molar-refractivity contribution in [2.45, 2.75) is 6.42 Å². The van der Waals surface area contributed by atoms with E-state index in [0.29, 0.717) is 13.1 Å². The van der Waals surface area contributed by atoms with Crippen molar-refractivity contribution in [3.63, 3.8) is 0 Å². The van der Waals surface area contributed by atoms with Gasteiger partial charge in [0.1, 0.15) is 0 Å². The SMILES string of the molecule is O=[C](NCCC[NH2+][O-])[GeH]1[CH]=CC=[CH]1. The van der Waals surface area contributed by atoms with E-state index in [1.54, 1.807) is 0 Å². The van der Waals surface area contributed by atoms with Crippen LogP contribution in [0.2, 0.25) is 0 Å². The van der Waals surface area contributed by atoms with Gasteiger partial charge < -0.3 is 0 Å². The van der Waals surface area contributed by atoms with Crippen molar-refractivity contribution in [2.24, 2.45) is 0 Å². The van der Waals surface area contributed by atoms with Gasteiger partial charge in [0, 0.05) is 0 Å². The molecule has 1 rings (SSSR count). The van der Waals surface area contributed by atoms with Crippen LogP contribution >= 0.6 is 0 Å². The molecule has 13 heavy (non-hydrogen) atoms. The fraction of sp³-hybridized carbons (Fsp3) is 0.375. The number of amides is 1. The molecule has 3 N–H and O–H groups in total. The van der Waals surface area contributed by atoms with Crippen molar-refractivity contribution in [2.75, 3.05) is 13.1 Å². The summed E-state index contributed by atoms with van der Waals surface area (Å²) in [5, 5.41) is 12.8. The van der Waals surface area contributed by atoms with E-state index in [1.807, 2.05) is 22.0 Å². The molecular formula is C8H14GeN2O2. The van der Waals surface area contributed by atoms with Gasteiger partial charge in [0.25, 0.3) is 0 Å². The Balaban J connectivity index is 2.11. The molecule has 0 fully saturated rings. The molecule has 0 aromatic rings. The van der Waals surface area contributed by atoms with Gasteiger partial charge in [-0.15, -0.1) is 0 Å². The molecule has 1 aliphatic heterocycles. The third-order valence-electron chi connectivity index (χ3n) is 1.85. The number of hydrogen-bond donors (Lipinski definition) is 2. The Morgan fingerprint density at radius 1 is 1.46 bits per heavy atom. The molecule has 1 aliphatic rings. The number of nitrogens with one attached hydrogen (secondary N) is 1. The first-order valence-corrected chi connectivity index (χ1v) is 8.42. The summed E-state index contributed by atoms with van der Waals surface area (Å²) >= 11 is -1.89. The number of rotatable bonds is 5. The Hall–Kier alpha value is -0.587. The molecular weight excluding hydrogens is 229 g/mol. The average Bonchev–Trinajstić information content (AvgIpc) is 2.65. The number of hydroxylamine groups is 1. The van der Waals surface area contributed by atoms with Crippen molar-refractivity contribution in [1.82, 2.24) is 5.32 Å². The van der Waals surface area contributed by atoms with Crippen LogP contribution in [0.3, 0.4) is 0 Å². The molecule has 0 aliphatic carbocycles. The Kier molecular flexibility index (Phi) is 4.81. The van der Waals surface area contributed by atoms with Crippen molar-refractivity contribution in [1.29, 1.82) is 0 Å². The quantitative estimate of drug-likeness (QED) is 0.375. The normalized spacial score (nSPS) is 15.2. The van der Waals surface area contributed by atoms with Gasteiger partial charge in [0.15, 0.2) is 0 Å². The Morgan fingerprint density at radius 3 is 2.77 bits per heavy atom. The molecule has 0 aromatic heterocycles. The minimum atomic E-state index is -1.89. The number of nitrogens with two attached hydrogens (primary N) is 1. The third-order valence-corrected chi connectivity index (χ3v) is 6.22. The van der Waals surface area contributed by atoms with E-state index in [1.165, 1.54) is 0 Å². The summed E-state index contributed by atoms with van der Waals surface area (Å²) in [7, 11) is 0. The maximum atomic E-state index is 11.4. The molecule has 0 radical (unpaired) electrons. The molecule has 0 bridgehead atoms. The Morgan fingerprint density at radius 2 is 2.15 bits per heavy atom. The van der Waals surface area contributed by atoms with E-state index in [2.05, 4.69) is 5.32 Å². The topological polar surface area (TPSA) is 68.8 Å². The van der Waals surface area contributed by atoms with Gasteiger partial charge in [-0.1, -0.05) is 0 Å². The van der Waals surface area contributed by atoms with Crippen LogP contribution in [0, 0.1) is 5.21 Å². The summed E-state index contributed by atoms with van der Waals surface area (Å²) in [5.41, 5.74) is 0.878. The van der Waals surface area contributed by atoms with E-state index >= 15 is 0 Å². The fourth-order valence-electron chi connectivity index (χ4n) is 1.12. The third kappa shape index (κ3) is 3.75. The van der Waals surface area contributed by atoms with Gasteiger partial charge in [-0.3, -0.25) is 0 Å². The second-order valence-electron chi connectivity index (χ2n) is 2.90. The first-order chi connectivity index (χ1) is 6.34. The summed E-state index contributed by atoms with van der Waals surface area (Å²) in [5.74, 6) is 0. The molecule has 5 heteroatoms. The van der Waals surface area contributed by atoms with Gasteiger partial charge >= 0.3 is 81.4 Å². The van der Waals surface area contributed by atoms with E-state index in [-0.39, 0.29) is 4.74 Å². The Bertz CT molecular complexity index is 216. The number of carbonyl (C=O) groups is 1. The summed E-state index contributed by atoms with van der Waals surface area (Å²) in [6.45, 7) is 1.16. The van der Waals surface area contributed by atoms with Gasteiger partial charge in [-0.05, 0) is 0 Å². The van der Waals surface area contributed by atoms with Crippen LogP contribution in [-0.2, 0) is 0 Å². The van der Waals surface area contributed by atoms with Crippen LogP contribution in [0.4, 0.5) is 4.79 Å². The molecule has 0 saturated carbocycles. The molecule has 0 spiro atoms. The molecule has 0 atom stereocenters. The second kappa shape index (κ2) is 5.96. The predicted molar refractivity (Wildman–Crippen MR) is 53.6 cm³/mol. The van der Waals surface area contributed by atoms with Gasteiger partial charge in [0.05, 0.1) is 0 Å². The number of carbonyl (C=O) groups excluding carboxylic acids is 1. The van der Waals surface area contributed by atoms with Gasteiger partial charge in [-0.2, -0.15) is 0 Å². The standard InChI is InChI=1S/C8H14GeN2O2/c12-8(9-4-1-2-5-9)10-6-3-7-11-13/h1-2,4-5,9H,3,6-7,11H2,(H,10,12). The van der Waals surface area contributed by atoms with Crippen molar-refractivity contribution in [3.05, 3.63) is 27.2 Å².